The highest BCUT2D eigenvalue weighted by molar-refractivity contribution is 5.76. The predicted octanol–water partition coefficient (Wildman–Crippen LogP) is 3.23. The Morgan fingerprint density at radius 1 is 1.12 bits per heavy atom. The second-order valence-electron chi connectivity index (χ2n) is 7.77. The average molecular weight is 343 g/mol. The SMILES string of the molecule is CO[C@H]1CCC[C@@H](N2CCC(n3c(=O)[nH]c4ccc(C)cc43)CC2)C1. The summed E-state index contributed by atoms with van der Waals surface area (Å²) >= 11 is 0. The highest BCUT2D eigenvalue weighted by atomic mass is 16.5. The first-order chi connectivity index (χ1) is 12.2. The van der Waals surface area contributed by atoms with Gasteiger partial charge in [0.25, 0.3) is 0 Å². The molecule has 1 N–H and O–H groups in total. The van der Waals surface area contributed by atoms with E-state index in [1.54, 1.807) is 0 Å². The summed E-state index contributed by atoms with van der Waals surface area (Å²) in [5.41, 5.74) is 3.25. The van der Waals surface area contributed by atoms with Gasteiger partial charge in [-0.1, -0.05) is 6.07 Å². The van der Waals surface area contributed by atoms with Crippen molar-refractivity contribution in [2.75, 3.05) is 20.2 Å². The molecule has 1 saturated heterocycles. The Bertz CT molecular complexity index is 786. The van der Waals surface area contributed by atoms with E-state index in [1.165, 1.54) is 24.8 Å². The highest BCUT2D eigenvalue weighted by Gasteiger charge is 2.31. The minimum atomic E-state index is 0.0381. The van der Waals surface area contributed by atoms with E-state index in [2.05, 4.69) is 28.9 Å². The summed E-state index contributed by atoms with van der Waals surface area (Å²) in [4.78, 5) is 18.1. The predicted molar refractivity (Wildman–Crippen MR) is 100 cm³/mol. The summed E-state index contributed by atoms with van der Waals surface area (Å²) in [5.74, 6) is 0. The van der Waals surface area contributed by atoms with Crippen molar-refractivity contribution in [3.05, 3.63) is 34.2 Å². The number of hydrogen-bond donors (Lipinski definition) is 1. The molecule has 5 nitrogen and oxygen atoms in total. The molecule has 1 aliphatic heterocycles. The largest absolute Gasteiger partial charge is 0.381 e. The fraction of sp³-hybridized carbons (Fsp3) is 0.650. The molecule has 0 radical (unpaired) electrons. The first-order valence-electron chi connectivity index (χ1n) is 9.63. The first-order valence-corrected chi connectivity index (χ1v) is 9.63. The Kier molecular flexibility index (Phi) is 4.69. The molecule has 1 aromatic heterocycles. The number of methoxy groups -OCH3 is 1. The number of hydrogen-bond acceptors (Lipinski definition) is 3. The van der Waals surface area contributed by atoms with Gasteiger partial charge in [0.15, 0.2) is 0 Å². The number of nitrogens with zero attached hydrogens (tertiary/aromatic N) is 2. The van der Waals surface area contributed by atoms with Crippen molar-refractivity contribution in [2.45, 2.75) is 63.6 Å². The van der Waals surface area contributed by atoms with Crippen molar-refractivity contribution >= 4 is 11.0 Å². The van der Waals surface area contributed by atoms with Gasteiger partial charge >= 0.3 is 5.69 Å². The van der Waals surface area contributed by atoms with Gasteiger partial charge in [-0.2, -0.15) is 0 Å². The van der Waals surface area contributed by atoms with Crippen molar-refractivity contribution in [1.29, 1.82) is 0 Å². The molecule has 2 aliphatic rings. The molecule has 2 aromatic rings. The van der Waals surface area contributed by atoms with E-state index < -0.39 is 0 Å². The Morgan fingerprint density at radius 3 is 2.68 bits per heavy atom. The van der Waals surface area contributed by atoms with Gasteiger partial charge in [0.2, 0.25) is 0 Å². The zero-order chi connectivity index (χ0) is 17.4. The summed E-state index contributed by atoms with van der Waals surface area (Å²) in [5, 5.41) is 0. The van der Waals surface area contributed by atoms with Crippen molar-refractivity contribution in [2.24, 2.45) is 0 Å². The number of fused-ring (bicyclic) bond motifs is 1. The van der Waals surface area contributed by atoms with Crippen LogP contribution in [0.25, 0.3) is 11.0 Å². The molecule has 1 aromatic carbocycles. The Balaban J connectivity index is 1.48. The number of rotatable bonds is 3. The summed E-state index contributed by atoms with van der Waals surface area (Å²) in [7, 11) is 1.84. The van der Waals surface area contributed by atoms with Crippen molar-refractivity contribution in [3.63, 3.8) is 0 Å². The van der Waals surface area contributed by atoms with E-state index in [9.17, 15) is 4.79 Å². The third-order valence-corrected chi connectivity index (χ3v) is 6.19. The maximum absolute atomic E-state index is 12.5. The molecule has 136 valence electrons. The quantitative estimate of drug-likeness (QED) is 0.931. The van der Waals surface area contributed by atoms with Gasteiger partial charge in [-0.05, 0) is 63.1 Å². The van der Waals surface area contributed by atoms with Crippen LogP contribution in [0.4, 0.5) is 0 Å². The standard InChI is InChI=1S/C20H29N3O2/c1-14-6-7-18-19(12-14)23(20(24)21-18)15-8-10-22(11-9-15)16-4-3-5-17(13-16)25-2/h6-7,12,15-17H,3-5,8-11,13H2,1-2H3,(H,21,24)/t16-,17+/m1/s1. The highest BCUT2D eigenvalue weighted by Crippen LogP contribution is 2.31. The summed E-state index contributed by atoms with van der Waals surface area (Å²) in [6, 6.07) is 7.16. The first kappa shape index (κ1) is 16.9. The van der Waals surface area contributed by atoms with E-state index in [4.69, 9.17) is 4.74 Å². The van der Waals surface area contributed by atoms with Crippen LogP contribution in [-0.2, 0) is 4.74 Å². The lowest BCUT2D eigenvalue weighted by molar-refractivity contribution is 0.0184. The van der Waals surface area contributed by atoms with Gasteiger partial charge in [-0.3, -0.25) is 4.57 Å². The van der Waals surface area contributed by atoms with Crippen LogP contribution in [0.1, 0.15) is 50.1 Å². The smallest absolute Gasteiger partial charge is 0.326 e. The molecule has 1 saturated carbocycles. The number of imidazole rings is 1. The lowest BCUT2D eigenvalue weighted by Gasteiger charge is -2.41. The van der Waals surface area contributed by atoms with E-state index in [0.717, 1.165) is 43.4 Å². The number of aromatic amines is 1. The molecule has 2 fully saturated rings. The summed E-state index contributed by atoms with van der Waals surface area (Å²) < 4.78 is 7.59. The van der Waals surface area contributed by atoms with Crippen LogP contribution in [-0.4, -0.2) is 46.8 Å². The zero-order valence-corrected chi connectivity index (χ0v) is 15.3. The zero-order valence-electron chi connectivity index (χ0n) is 15.3. The van der Waals surface area contributed by atoms with Crippen LogP contribution in [0, 0.1) is 6.92 Å². The number of aryl methyl sites for hydroxylation is 1. The Morgan fingerprint density at radius 2 is 1.92 bits per heavy atom. The molecule has 0 unspecified atom stereocenters. The topological polar surface area (TPSA) is 50.3 Å². The molecule has 5 heteroatoms. The maximum atomic E-state index is 12.5. The fourth-order valence-corrected chi connectivity index (χ4v) is 4.77. The fourth-order valence-electron chi connectivity index (χ4n) is 4.77. The van der Waals surface area contributed by atoms with Crippen LogP contribution in [0.5, 0.6) is 0 Å². The summed E-state index contributed by atoms with van der Waals surface area (Å²) in [6.45, 7) is 4.24. The number of ether oxygens (including phenoxy) is 1. The molecular weight excluding hydrogens is 314 g/mol. The molecule has 4 rings (SSSR count). The van der Waals surface area contributed by atoms with E-state index in [0.29, 0.717) is 18.2 Å². The molecule has 0 spiro atoms. The maximum Gasteiger partial charge on any atom is 0.326 e. The molecule has 2 atom stereocenters. The number of piperidine rings is 1. The number of likely N-dealkylation sites (tertiary alicyclic amines) is 1. The van der Waals surface area contributed by atoms with Crippen LogP contribution < -0.4 is 5.69 Å². The number of H-pyrrole nitrogens is 1. The van der Waals surface area contributed by atoms with E-state index in [1.807, 2.05) is 17.7 Å². The van der Waals surface area contributed by atoms with Crippen LogP contribution >= 0.6 is 0 Å². The lowest BCUT2D eigenvalue weighted by atomic mass is 9.90. The monoisotopic (exact) mass is 343 g/mol. The van der Waals surface area contributed by atoms with Gasteiger partial charge in [-0.15, -0.1) is 0 Å². The Labute approximate surface area is 149 Å². The normalized spacial score (nSPS) is 26.3. The minimum Gasteiger partial charge on any atom is -0.381 e. The molecule has 0 amide bonds. The summed E-state index contributed by atoms with van der Waals surface area (Å²) in [6.07, 6.45) is 7.45. The minimum absolute atomic E-state index is 0.0381. The van der Waals surface area contributed by atoms with Gasteiger partial charge in [0.1, 0.15) is 0 Å². The number of aromatic nitrogens is 2. The number of benzene rings is 1. The van der Waals surface area contributed by atoms with Gasteiger partial charge in [-0.25, -0.2) is 4.79 Å². The second-order valence-corrected chi connectivity index (χ2v) is 7.77. The third kappa shape index (κ3) is 3.27. The van der Waals surface area contributed by atoms with Crippen LogP contribution in [0.15, 0.2) is 23.0 Å². The number of nitrogens with one attached hydrogen (secondary N) is 1. The van der Waals surface area contributed by atoms with E-state index >= 15 is 0 Å². The molecule has 25 heavy (non-hydrogen) atoms. The molecule has 0 bridgehead atoms. The van der Waals surface area contributed by atoms with E-state index in [-0.39, 0.29) is 5.69 Å². The lowest BCUT2D eigenvalue weighted by Crippen LogP contribution is -2.45. The van der Waals surface area contributed by atoms with Crippen LogP contribution in [0.2, 0.25) is 0 Å². The van der Waals surface area contributed by atoms with Crippen molar-refractivity contribution in [1.82, 2.24) is 14.5 Å². The van der Waals surface area contributed by atoms with Gasteiger partial charge in [0, 0.05) is 32.3 Å². The Hall–Kier alpha value is -1.59. The molecule has 1 aliphatic carbocycles. The van der Waals surface area contributed by atoms with Crippen molar-refractivity contribution in [3.8, 4) is 0 Å². The second kappa shape index (κ2) is 6.96. The van der Waals surface area contributed by atoms with Crippen LogP contribution in [0.3, 0.4) is 0 Å². The van der Waals surface area contributed by atoms with Gasteiger partial charge < -0.3 is 14.6 Å². The molecule has 2 heterocycles. The molecular formula is C20H29N3O2. The third-order valence-electron chi connectivity index (χ3n) is 6.19. The van der Waals surface area contributed by atoms with Gasteiger partial charge in [0.05, 0.1) is 17.1 Å². The van der Waals surface area contributed by atoms with Crippen molar-refractivity contribution < 1.29 is 4.74 Å². The average Bonchev–Trinajstić information content (AvgIpc) is 2.97.